The Hall–Kier alpha value is -3.93. The molecule has 136 valence electrons. The van der Waals surface area contributed by atoms with Gasteiger partial charge in [0.1, 0.15) is 18.2 Å². The van der Waals surface area contributed by atoms with Crippen LogP contribution in [0.5, 0.6) is 5.75 Å². The summed E-state index contributed by atoms with van der Waals surface area (Å²) in [5.74, 6) is 1.36. The molecule has 0 aliphatic rings. The van der Waals surface area contributed by atoms with Crippen LogP contribution in [0.4, 0.5) is 5.69 Å². The number of nitrogens with zero attached hydrogens (tertiary/aromatic N) is 3. The lowest BCUT2D eigenvalue weighted by molar-refractivity contribution is 0.305. The van der Waals surface area contributed by atoms with Crippen LogP contribution in [-0.4, -0.2) is 19.9 Å². The van der Waals surface area contributed by atoms with Gasteiger partial charge in [-0.05, 0) is 36.4 Å². The van der Waals surface area contributed by atoms with E-state index in [-0.39, 0.29) is 0 Å². The zero-order valence-corrected chi connectivity index (χ0v) is 15.0. The van der Waals surface area contributed by atoms with Gasteiger partial charge < -0.3 is 15.5 Å². The molecule has 0 fully saturated rings. The molecule has 3 heterocycles. The Kier molecular flexibility index (Phi) is 3.87. The monoisotopic (exact) mass is 367 g/mol. The molecule has 5 rings (SSSR count). The fourth-order valence-corrected chi connectivity index (χ4v) is 3.26. The van der Waals surface area contributed by atoms with Gasteiger partial charge >= 0.3 is 0 Å². The molecule has 0 aliphatic heterocycles. The molecular weight excluding hydrogens is 350 g/mol. The van der Waals surface area contributed by atoms with Gasteiger partial charge in [-0.15, -0.1) is 0 Å². The number of imidazole rings is 1. The van der Waals surface area contributed by atoms with Gasteiger partial charge in [0.15, 0.2) is 0 Å². The lowest BCUT2D eigenvalue weighted by atomic mass is 10.1. The smallest absolute Gasteiger partial charge is 0.142 e. The van der Waals surface area contributed by atoms with Crippen molar-refractivity contribution in [2.75, 3.05) is 5.73 Å². The number of rotatable bonds is 4. The summed E-state index contributed by atoms with van der Waals surface area (Å²) in [6, 6.07) is 19.3. The molecule has 0 radical (unpaired) electrons. The van der Waals surface area contributed by atoms with Crippen molar-refractivity contribution in [1.29, 1.82) is 0 Å². The molecule has 2 aromatic carbocycles. The summed E-state index contributed by atoms with van der Waals surface area (Å²) in [5.41, 5.74) is 11.3. The van der Waals surface area contributed by atoms with Crippen LogP contribution in [0.15, 0.2) is 73.1 Å². The molecule has 0 bridgehead atoms. The zero-order valence-electron chi connectivity index (χ0n) is 15.0. The molecule has 5 aromatic rings. The predicted molar refractivity (Wildman–Crippen MR) is 110 cm³/mol. The van der Waals surface area contributed by atoms with E-state index in [1.165, 1.54) is 0 Å². The van der Waals surface area contributed by atoms with E-state index in [4.69, 9.17) is 10.5 Å². The van der Waals surface area contributed by atoms with Crippen LogP contribution < -0.4 is 10.5 Å². The summed E-state index contributed by atoms with van der Waals surface area (Å²) in [7, 11) is 0. The van der Waals surface area contributed by atoms with Crippen LogP contribution in [-0.2, 0) is 6.61 Å². The molecule has 6 nitrogen and oxygen atoms in total. The first kappa shape index (κ1) is 16.3. The first-order valence-corrected chi connectivity index (χ1v) is 8.94. The minimum atomic E-state index is 0.355. The number of nitrogens with one attached hydrogen (secondary N) is 1. The van der Waals surface area contributed by atoms with E-state index in [9.17, 15) is 0 Å². The lowest BCUT2D eigenvalue weighted by Gasteiger charge is -2.12. The number of hydrogen-bond donors (Lipinski definition) is 2. The number of ether oxygens (including phenoxy) is 1. The SMILES string of the molecule is Nc1c(-c2nc3ccccc3[nH]2)cnc2cccc(OCc3ccccn3)c12. The van der Waals surface area contributed by atoms with Crippen molar-refractivity contribution >= 4 is 27.6 Å². The van der Waals surface area contributed by atoms with Gasteiger partial charge in [-0.3, -0.25) is 9.97 Å². The molecule has 0 saturated heterocycles. The average molecular weight is 367 g/mol. The second kappa shape index (κ2) is 6.66. The molecule has 3 aromatic heterocycles. The third kappa shape index (κ3) is 2.81. The molecule has 3 N–H and O–H groups in total. The summed E-state index contributed by atoms with van der Waals surface area (Å²) >= 11 is 0. The number of aromatic nitrogens is 4. The third-order valence-electron chi connectivity index (χ3n) is 4.64. The number of hydrogen-bond acceptors (Lipinski definition) is 5. The van der Waals surface area contributed by atoms with Gasteiger partial charge in [0, 0.05) is 12.4 Å². The number of benzene rings is 2. The van der Waals surface area contributed by atoms with Gasteiger partial charge in [-0.25, -0.2) is 4.98 Å². The Morgan fingerprint density at radius 1 is 0.893 bits per heavy atom. The molecule has 0 saturated carbocycles. The van der Waals surface area contributed by atoms with Crippen molar-refractivity contribution in [3.8, 4) is 17.1 Å². The highest BCUT2D eigenvalue weighted by molar-refractivity contribution is 6.01. The number of nitrogen functional groups attached to an aromatic ring is 1. The molecule has 0 atom stereocenters. The summed E-state index contributed by atoms with van der Waals surface area (Å²) in [6.07, 6.45) is 3.50. The zero-order chi connectivity index (χ0) is 18.9. The molecule has 0 spiro atoms. The van der Waals surface area contributed by atoms with Gasteiger partial charge in [0.25, 0.3) is 0 Å². The fourth-order valence-electron chi connectivity index (χ4n) is 3.26. The Morgan fingerprint density at radius 2 is 1.75 bits per heavy atom. The van der Waals surface area contributed by atoms with E-state index in [2.05, 4.69) is 19.9 Å². The van der Waals surface area contributed by atoms with Crippen LogP contribution >= 0.6 is 0 Å². The number of aromatic amines is 1. The Labute approximate surface area is 161 Å². The largest absolute Gasteiger partial charge is 0.487 e. The van der Waals surface area contributed by atoms with Crippen LogP contribution in [0, 0.1) is 0 Å². The van der Waals surface area contributed by atoms with E-state index in [1.54, 1.807) is 12.4 Å². The Morgan fingerprint density at radius 3 is 2.61 bits per heavy atom. The number of nitrogens with two attached hydrogens (primary N) is 1. The topological polar surface area (TPSA) is 89.7 Å². The highest BCUT2D eigenvalue weighted by Gasteiger charge is 2.15. The van der Waals surface area contributed by atoms with E-state index in [0.29, 0.717) is 23.9 Å². The number of anilines is 1. The standard InChI is InChI=1S/C22H17N5O/c23-21-15(22-26-16-7-1-2-8-17(16)27-22)12-25-18-9-5-10-19(20(18)21)28-13-14-6-3-4-11-24-14/h1-12H,13H2,(H2,23,25)(H,26,27). The normalized spacial score (nSPS) is 11.1. The Balaban J connectivity index is 1.59. The van der Waals surface area contributed by atoms with Gasteiger partial charge in [0.05, 0.1) is 38.9 Å². The minimum absolute atomic E-state index is 0.355. The second-order valence-electron chi connectivity index (χ2n) is 6.45. The number of fused-ring (bicyclic) bond motifs is 2. The van der Waals surface area contributed by atoms with Crippen LogP contribution in [0.3, 0.4) is 0 Å². The second-order valence-corrected chi connectivity index (χ2v) is 6.45. The van der Waals surface area contributed by atoms with Gasteiger partial charge in [-0.2, -0.15) is 0 Å². The molecule has 0 unspecified atom stereocenters. The third-order valence-corrected chi connectivity index (χ3v) is 4.64. The summed E-state index contributed by atoms with van der Waals surface area (Å²) in [5, 5.41) is 0.774. The van der Waals surface area contributed by atoms with E-state index >= 15 is 0 Å². The Bertz CT molecular complexity index is 1250. The van der Waals surface area contributed by atoms with Crippen molar-refractivity contribution < 1.29 is 4.74 Å². The van der Waals surface area contributed by atoms with Crippen molar-refractivity contribution in [2.24, 2.45) is 0 Å². The lowest BCUT2D eigenvalue weighted by Crippen LogP contribution is -2.01. The van der Waals surface area contributed by atoms with Crippen LogP contribution in [0.25, 0.3) is 33.3 Å². The predicted octanol–water partition coefficient (Wildman–Crippen LogP) is 4.33. The molecule has 28 heavy (non-hydrogen) atoms. The van der Waals surface area contributed by atoms with Crippen molar-refractivity contribution in [3.05, 3.63) is 78.8 Å². The van der Waals surface area contributed by atoms with Crippen LogP contribution in [0.2, 0.25) is 0 Å². The van der Waals surface area contributed by atoms with E-state index < -0.39 is 0 Å². The van der Waals surface area contributed by atoms with Crippen molar-refractivity contribution in [3.63, 3.8) is 0 Å². The number of pyridine rings is 2. The highest BCUT2D eigenvalue weighted by atomic mass is 16.5. The first-order chi connectivity index (χ1) is 13.8. The first-order valence-electron chi connectivity index (χ1n) is 8.94. The molecule has 0 aliphatic carbocycles. The maximum Gasteiger partial charge on any atom is 0.142 e. The highest BCUT2D eigenvalue weighted by Crippen LogP contribution is 2.36. The maximum atomic E-state index is 6.55. The molecular formula is C22H17N5O. The van der Waals surface area contributed by atoms with Crippen LogP contribution in [0.1, 0.15) is 5.69 Å². The van der Waals surface area contributed by atoms with Crippen molar-refractivity contribution in [1.82, 2.24) is 19.9 Å². The molecule has 0 amide bonds. The van der Waals surface area contributed by atoms with E-state index in [1.807, 2.05) is 60.7 Å². The summed E-state index contributed by atoms with van der Waals surface area (Å²) < 4.78 is 6.02. The minimum Gasteiger partial charge on any atom is -0.487 e. The van der Waals surface area contributed by atoms with Gasteiger partial charge in [-0.1, -0.05) is 24.3 Å². The fraction of sp³-hybridized carbons (Fsp3) is 0.0455. The summed E-state index contributed by atoms with van der Waals surface area (Å²) in [4.78, 5) is 16.8. The quantitative estimate of drug-likeness (QED) is 0.493. The van der Waals surface area contributed by atoms with Gasteiger partial charge in [0.2, 0.25) is 0 Å². The number of para-hydroxylation sites is 2. The molecule has 6 heteroatoms. The average Bonchev–Trinajstić information content (AvgIpc) is 3.17. The summed E-state index contributed by atoms with van der Waals surface area (Å²) in [6.45, 7) is 0.355. The van der Waals surface area contributed by atoms with E-state index in [0.717, 1.165) is 33.2 Å². The number of H-pyrrole nitrogens is 1. The van der Waals surface area contributed by atoms with Crippen molar-refractivity contribution in [2.45, 2.75) is 6.61 Å². The maximum absolute atomic E-state index is 6.55.